The lowest BCUT2D eigenvalue weighted by Gasteiger charge is -2.28. The Hall–Kier alpha value is -4.35. The molecule has 42 heavy (non-hydrogen) atoms. The van der Waals surface area contributed by atoms with Crippen LogP contribution >= 0.6 is 0 Å². The fraction of sp³-hybridized carbons (Fsp3) is 0.500. The van der Waals surface area contributed by atoms with Gasteiger partial charge >= 0.3 is 18.3 Å². The number of aromatic nitrogens is 1. The Labute approximate surface area is 247 Å². The van der Waals surface area contributed by atoms with E-state index in [9.17, 15) is 14.4 Å². The molecule has 0 bridgehead atoms. The van der Waals surface area contributed by atoms with Gasteiger partial charge in [-0.2, -0.15) is 4.90 Å². The van der Waals surface area contributed by atoms with Crippen molar-refractivity contribution >= 4 is 30.7 Å². The lowest BCUT2D eigenvalue weighted by atomic mass is 10.0. The molecule has 1 aromatic carbocycles. The summed E-state index contributed by atoms with van der Waals surface area (Å²) in [5, 5.41) is 4.14. The average Bonchev–Trinajstić information content (AvgIpc) is 3.25. The lowest BCUT2D eigenvalue weighted by Crippen LogP contribution is -2.45. The molecule has 0 saturated carbocycles. The first-order chi connectivity index (χ1) is 19.1. The maximum atomic E-state index is 13.0. The van der Waals surface area contributed by atoms with E-state index in [-0.39, 0.29) is 11.5 Å². The number of amides is 3. The van der Waals surface area contributed by atoms with E-state index in [1.165, 1.54) is 4.90 Å². The zero-order valence-electron chi connectivity index (χ0n) is 26.4. The molecule has 12 heteroatoms. The normalized spacial score (nSPS) is 12.6. The average molecular weight is 586 g/mol. The number of nitrogens with two attached hydrogens (primary N) is 1. The molecule has 0 saturated heterocycles. The topological polar surface area (TPSA) is 150 Å². The first-order valence-electron chi connectivity index (χ1n) is 13.4. The third-order valence-electron chi connectivity index (χ3n) is 5.23. The van der Waals surface area contributed by atoms with Crippen LogP contribution in [0.1, 0.15) is 79.2 Å². The highest BCUT2D eigenvalue weighted by Crippen LogP contribution is 2.29. The smallest absolute Gasteiger partial charge is 0.425 e. The fourth-order valence-corrected chi connectivity index (χ4v) is 3.58. The highest BCUT2D eigenvalue weighted by atomic mass is 16.6. The number of hydrogen-bond donors (Lipinski definition) is 1. The lowest BCUT2D eigenvalue weighted by molar-refractivity contribution is 0.00802. The Balaban J connectivity index is 2.42. The number of nitrogens with zero attached hydrogens (tertiary/aromatic N) is 4. The Morgan fingerprint density at radius 2 is 1.40 bits per heavy atom. The predicted octanol–water partition coefficient (Wildman–Crippen LogP) is 6.47. The number of imide groups is 1. The summed E-state index contributed by atoms with van der Waals surface area (Å²) in [5.74, 6) is -0.351. The molecule has 0 spiro atoms. The maximum Gasteiger partial charge on any atom is 0.425 e. The van der Waals surface area contributed by atoms with Crippen molar-refractivity contribution < 1.29 is 33.1 Å². The van der Waals surface area contributed by atoms with Crippen molar-refractivity contribution in [3.05, 3.63) is 47.0 Å². The minimum absolute atomic E-state index is 0.0581. The fourth-order valence-electron chi connectivity index (χ4n) is 3.58. The SMILES string of the molecule is C=N/C(=C(\N)N(C(=O)OC(C)(C)C)C(=O)OC(C)(C)C)c1cc(-c2ccc(CN(C)C(=O)OC(C)(C)C)cc2C)no1. The molecule has 1 aromatic heterocycles. The molecule has 0 aliphatic rings. The van der Waals surface area contributed by atoms with Crippen molar-refractivity contribution in [1.82, 2.24) is 15.0 Å². The minimum atomic E-state index is -1.06. The summed E-state index contributed by atoms with van der Waals surface area (Å²) in [6.45, 7) is 21.1. The van der Waals surface area contributed by atoms with Crippen molar-refractivity contribution in [1.29, 1.82) is 0 Å². The zero-order chi connectivity index (χ0) is 32.2. The van der Waals surface area contributed by atoms with Crippen LogP contribution in [-0.2, 0) is 20.8 Å². The van der Waals surface area contributed by atoms with Gasteiger partial charge in [-0.15, -0.1) is 0 Å². The van der Waals surface area contributed by atoms with E-state index in [4.69, 9.17) is 24.5 Å². The van der Waals surface area contributed by atoms with Crippen molar-refractivity contribution in [2.24, 2.45) is 10.7 Å². The summed E-state index contributed by atoms with van der Waals surface area (Å²) in [4.78, 5) is 44.3. The number of aryl methyl sites for hydroxylation is 1. The summed E-state index contributed by atoms with van der Waals surface area (Å²) in [6.07, 6.45) is -2.54. The second kappa shape index (κ2) is 12.7. The second-order valence-corrected chi connectivity index (χ2v) is 12.8. The van der Waals surface area contributed by atoms with Crippen molar-refractivity contribution in [2.45, 2.75) is 92.6 Å². The van der Waals surface area contributed by atoms with Crippen LogP contribution < -0.4 is 5.73 Å². The van der Waals surface area contributed by atoms with Gasteiger partial charge in [0.2, 0.25) is 0 Å². The van der Waals surface area contributed by atoms with E-state index in [0.29, 0.717) is 17.1 Å². The van der Waals surface area contributed by atoms with Crippen LogP contribution in [0.2, 0.25) is 0 Å². The van der Waals surface area contributed by atoms with Crippen molar-refractivity contribution in [3.63, 3.8) is 0 Å². The molecule has 0 fully saturated rings. The van der Waals surface area contributed by atoms with Gasteiger partial charge in [0.15, 0.2) is 5.76 Å². The summed E-state index contributed by atoms with van der Waals surface area (Å²) in [5.41, 5.74) is 6.67. The summed E-state index contributed by atoms with van der Waals surface area (Å²) < 4.78 is 21.7. The van der Waals surface area contributed by atoms with Gasteiger partial charge in [0.05, 0.1) is 0 Å². The number of carbonyl (C=O) groups excluding carboxylic acids is 3. The van der Waals surface area contributed by atoms with E-state index < -0.39 is 40.9 Å². The first-order valence-corrected chi connectivity index (χ1v) is 13.4. The number of carbonyl (C=O) groups is 3. The third kappa shape index (κ3) is 9.64. The van der Waals surface area contributed by atoms with Crippen LogP contribution in [-0.4, -0.2) is 63.8 Å². The van der Waals surface area contributed by atoms with Crippen molar-refractivity contribution in [2.75, 3.05) is 7.05 Å². The molecule has 0 radical (unpaired) electrons. The third-order valence-corrected chi connectivity index (χ3v) is 5.23. The van der Waals surface area contributed by atoms with E-state index >= 15 is 0 Å². The molecular formula is C30H43N5O7. The van der Waals surface area contributed by atoms with Gasteiger partial charge in [0.25, 0.3) is 0 Å². The van der Waals surface area contributed by atoms with Crippen LogP contribution in [0, 0.1) is 6.92 Å². The van der Waals surface area contributed by atoms with E-state index in [2.05, 4.69) is 16.9 Å². The van der Waals surface area contributed by atoms with Crippen LogP contribution in [0.3, 0.4) is 0 Å². The van der Waals surface area contributed by atoms with Gasteiger partial charge in [-0.1, -0.05) is 23.4 Å². The Morgan fingerprint density at radius 3 is 1.86 bits per heavy atom. The molecule has 2 N–H and O–H groups in total. The number of benzene rings is 1. The first kappa shape index (κ1) is 33.9. The van der Waals surface area contributed by atoms with Crippen LogP contribution in [0.5, 0.6) is 0 Å². The highest BCUT2D eigenvalue weighted by molar-refractivity contribution is 5.92. The van der Waals surface area contributed by atoms with Crippen LogP contribution in [0.4, 0.5) is 14.4 Å². The Bertz CT molecular complexity index is 1330. The minimum Gasteiger partial charge on any atom is -0.444 e. The van der Waals surface area contributed by atoms with Gasteiger partial charge in [-0.3, -0.25) is 4.99 Å². The monoisotopic (exact) mass is 585 g/mol. The summed E-state index contributed by atoms with van der Waals surface area (Å²) >= 11 is 0. The molecule has 2 rings (SSSR count). The van der Waals surface area contributed by atoms with Crippen molar-refractivity contribution in [3.8, 4) is 11.3 Å². The van der Waals surface area contributed by atoms with E-state index in [0.717, 1.165) is 16.7 Å². The summed E-state index contributed by atoms with van der Waals surface area (Å²) in [6, 6.07) is 7.19. The number of rotatable bonds is 6. The summed E-state index contributed by atoms with van der Waals surface area (Å²) in [7, 11) is 1.67. The van der Waals surface area contributed by atoms with Gasteiger partial charge in [-0.25, -0.2) is 14.4 Å². The number of hydrogen-bond acceptors (Lipinski definition) is 10. The molecule has 230 valence electrons. The molecule has 0 atom stereocenters. The highest BCUT2D eigenvalue weighted by Gasteiger charge is 2.35. The maximum absolute atomic E-state index is 13.0. The molecule has 0 aliphatic carbocycles. The van der Waals surface area contributed by atoms with Gasteiger partial charge in [0.1, 0.15) is 34.0 Å². The van der Waals surface area contributed by atoms with Crippen LogP contribution in [0.15, 0.2) is 39.6 Å². The zero-order valence-corrected chi connectivity index (χ0v) is 26.4. The largest absolute Gasteiger partial charge is 0.444 e. The standard InChI is InChI=1S/C30H43N5O7/c1-18-15-19(17-34(12)25(36)39-28(2,3)4)13-14-20(18)21-16-22(42-33-21)23(32-11)24(31)35(26(37)40-29(5,6)7)27(38)41-30(8,9)10/h13-16H,11,17,31H2,1-10,12H3/b24-23+. The quantitative estimate of drug-likeness (QED) is 0.297. The Morgan fingerprint density at radius 1 is 0.905 bits per heavy atom. The molecule has 2 aromatic rings. The van der Waals surface area contributed by atoms with E-state index in [1.807, 2.05) is 45.9 Å². The predicted molar refractivity (Wildman–Crippen MR) is 159 cm³/mol. The molecule has 1 heterocycles. The van der Waals surface area contributed by atoms with E-state index in [1.54, 1.807) is 54.7 Å². The molecule has 0 aliphatic heterocycles. The molecule has 3 amide bonds. The molecule has 0 unspecified atom stereocenters. The second-order valence-electron chi connectivity index (χ2n) is 12.8. The van der Waals surface area contributed by atoms with Gasteiger partial charge < -0.3 is 29.4 Å². The Kier molecular flexibility index (Phi) is 10.2. The van der Waals surface area contributed by atoms with Crippen LogP contribution in [0.25, 0.3) is 17.0 Å². The van der Waals surface area contributed by atoms with Gasteiger partial charge in [-0.05, 0) is 87.1 Å². The number of aliphatic imine (C=N–C) groups is 1. The van der Waals surface area contributed by atoms with Gasteiger partial charge in [0, 0.05) is 25.2 Å². The molecular weight excluding hydrogens is 542 g/mol. The molecule has 12 nitrogen and oxygen atoms in total. The number of ether oxygens (including phenoxy) is 3.